The fourth-order valence-electron chi connectivity index (χ4n) is 0.617. The largest absolute Gasteiger partial charge is 0.514 e. The number of hydrogen-bond donors (Lipinski definition) is 1. The number of rotatable bonds is 1. The lowest BCUT2D eigenvalue weighted by Crippen LogP contribution is -2.08. The number of nitrogens with zero attached hydrogens (tertiary/aromatic N) is 1. The van der Waals surface area contributed by atoms with Crippen molar-refractivity contribution in [2.24, 2.45) is 0 Å². The maximum Gasteiger partial charge on any atom is 0.514 e. The number of carbonyl (C=O) groups excluding carboxylic acids is 1. The first-order valence-electron chi connectivity index (χ1n) is 3.12. The van der Waals surface area contributed by atoms with Gasteiger partial charge in [0, 0.05) is 0 Å². The van der Waals surface area contributed by atoms with E-state index in [2.05, 4.69) is 14.5 Å². The molecule has 0 fully saturated rings. The van der Waals surface area contributed by atoms with Crippen LogP contribution in [0.25, 0.3) is 0 Å². The van der Waals surface area contributed by atoms with Crippen LogP contribution in [-0.4, -0.2) is 18.2 Å². The van der Waals surface area contributed by atoms with Crippen LogP contribution in [0.4, 0.5) is 9.93 Å². The Morgan fingerprint density at radius 1 is 1.67 bits per heavy atom. The highest BCUT2D eigenvalue weighted by atomic mass is 32.1. The van der Waals surface area contributed by atoms with Crippen LogP contribution in [0.5, 0.6) is 5.88 Å². The van der Waals surface area contributed by atoms with E-state index in [-0.39, 0.29) is 5.88 Å². The second-order valence-electron chi connectivity index (χ2n) is 1.97. The van der Waals surface area contributed by atoms with Gasteiger partial charge in [0.25, 0.3) is 0 Å². The zero-order chi connectivity index (χ0) is 9.14. The first kappa shape index (κ1) is 8.79. The van der Waals surface area contributed by atoms with Gasteiger partial charge in [-0.15, -0.1) is 0 Å². The first-order valence-corrected chi connectivity index (χ1v) is 3.94. The molecule has 1 rings (SSSR count). The monoisotopic (exact) mass is 188 g/mol. The van der Waals surface area contributed by atoms with Crippen LogP contribution in [0.2, 0.25) is 0 Å². The lowest BCUT2D eigenvalue weighted by Gasteiger charge is -1.97. The Bertz CT molecular complexity index is 297. The molecule has 0 saturated carbocycles. The van der Waals surface area contributed by atoms with Crippen LogP contribution in [0.15, 0.2) is 0 Å². The minimum atomic E-state index is -0.789. The van der Waals surface area contributed by atoms with Crippen molar-refractivity contribution in [2.75, 3.05) is 12.8 Å². The molecule has 0 aliphatic heterocycles. The van der Waals surface area contributed by atoms with Crippen molar-refractivity contribution in [1.82, 2.24) is 4.98 Å². The molecule has 5 nitrogen and oxygen atoms in total. The van der Waals surface area contributed by atoms with Gasteiger partial charge >= 0.3 is 6.16 Å². The Morgan fingerprint density at radius 2 is 2.33 bits per heavy atom. The molecular formula is C6H8N2O3S. The van der Waals surface area contributed by atoms with Crippen LogP contribution < -0.4 is 10.5 Å². The molecule has 6 heteroatoms. The van der Waals surface area contributed by atoms with Crippen LogP contribution in [-0.2, 0) is 4.74 Å². The number of aryl methyl sites for hydroxylation is 1. The minimum Gasteiger partial charge on any atom is -0.437 e. The van der Waals surface area contributed by atoms with Crippen molar-refractivity contribution < 1.29 is 14.3 Å². The van der Waals surface area contributed by atoms with E-state index < -0.39 is 6.16 Å². The molecule has 0 bridgehead atoms. The number of ether oxygens (including phenoxy) is 2. The van der Waals surface area contributed by atoms with E-state index in [4.69, 9.17) is 5.73 Å². The van der Waals surface area contributed by atoms with Crippen molar-refractivity contribution in [3.8, 4) is 5.88 Å². The first-order chi connectivity index (χ1) is 5.63. The Kier molecular flexibility index (Phi) is 2.49. The summed E-state index contributed by atoms with van der Waals surface area (Å²) in [7, 11) is 1.23. The van der Waals surface area contributed by atoms with Gasteiger partial charge in [-0.2, -0.15) is 4.98 Å². The summed E-state index contributed by atoms with van der Waals surface area (Å²) in [4.78, 5) is 15.1. The summed E-state index contributed by atoms with van der Waals surface area (Å²) < 4.78 is 8.95. The molecule has 0 aliphatic carbocycles. The normalized spacial score (nSPS) is 9.50. The Labute approximate surface area is 73.1 Å². The van der Waals surface area contributed by atoms with Gasteiger partial charge in [0.1, 0.15) is 0 Å². The van der Waals surface area contributed by atoms with E-state index >= 15 is 0 Å². The highest BCUT2D eigenvalue weighted by molar-refractivity contribution is 7.15. The number of hydrogen-bond acceptors (Lipinski definition) is 6. The molecule has 1 aromatic rings. The second-order valence-corrected chi connectivity index (χ2v) is 3.20. The third kappa shape index (κ3) is 1.85. The average Bonchev–Trinajstić information content (AvgIpc) is 2.30. The third-order valence-corrected chi connectivity index (χ3v) is 1.90. The van der Waals surface area contributed by atoms with Crippen molar-refractivity contribution >= 4 is 22.6 Å². The molecule has 2 N–H and O–H groups in total. The lowest BCUT2D eigenvalue weighted by atomic mass is 10.6. The number of nitrogens with two attached hydrogens (primary N) is 1. The van der Waals surface area contributed by atoms with Crippen molar-refractivity contribution in [3.05, 3.63) is 4.88 Å². The maximum atomic E-state index is 10.6. The molecule has 0 amide bonds. The Hall–Kier alpha value is -1.30. The molecule has 0 radical (unpaired) electrons. The summed E-state index contributed by atoms with van der Waals surface area (Å²) in [5.41, 5.74) is 5.37. The Morgan fingerprint density at radius 3 is 2.75 bits per heavy atom. The molecule has 0 aromatic carbocycles. The molecule has 0 unspecified atom stereocenters. The fraction of sp³-hybridized carbons (Fsp3) is 0.333. The van der Waals surface area contributed by atoms with E-state index in [0.717, 1.165) is 4.88 Å². The third-order valence-electron chi connectivity index (χ3n) is 1.12. The van der Waals surface area contributed by atoms with E-state index in [1.54, 1.807) is 6.92 Å². The minimum absolute atomic E-state index is 0.212. The number of anilines is 1. The van der Waals surface area contributed by atoms with E-state index in [0.29, 0.717) is 5.13 Å². The zero-order valence-corrected chi connectivity index (χ0v) is 7.47. The van der Waals surface area contributed by atoms with E-state index in [1.165, 1.54) is 18.4 Å². The standard InChI is InChI=1S/C6H8N2O3S/c1-3-4(8-5(7)12-3)11-6(9)10-2/h1-2H3,(H2,7,8). The van der Waals surface area contributed by atoms with Crippen LogP contribution in [0.1, 0.15) is 4.88 Å². The molecule has 1 heterocycles. The van der Waals surface area contributed by atoms with Crippen molar-refractivity contribution in [1.29, 1.82) is 0 Å². The summed E-state index contributed by atoms with van der Waals surface area (Å²) in [5.74, 6) is 0.212. The Balaban J connectivity index is 2.75. The van der Waals surface area contributed by atoms with Gasteiger partial charge in [-0.25, -0.2) is 4.79 Å². The number of nitrogen functional groups attached to an aromatic ring is 1. The van der Waals surface area contributed by atoms with Gasteiger partial charge in [0.15, 0.2) is 5.13 Å². The fourth-order valence-corrected chi connectivity index (χ4v) is 1.23. The predicted octanol–water partition coefficient (Wildman–Crippen LogP) is 1.18. The summed E-state index contributed by atoms with van der Waals surface area (Å²) >= 11 is 1.26. The molecule has 66 valence electrons. The highest BCUT2D eigenvalue weighted by Crippen LogP contribution is 2.25. The van der Waals surface area contributed by atoms with Gasteiger partial charge in [-0.3, -0.25) is 0 Å². The van der Waals surface area contributed by atoms with Gasteiger partial charge in [0.05, 0.1) is 12.0 Å². The molecular weight excluding hydrogens is 180 g/mol. The molecule has 0 aliphatic rings. The van der Waals surface area contributed by atoms with Crippen LogP contribution in [0.3, 0.4) is 0 Å². The lowest BCUT2D eigenvalue weighted by molar-refractivity contribution is 0.119. The van der Waals surface area contributed by atoms with Crippen LogP contribution >= 0.6 is 11.3 Å². The summed E-state index contributed by atoms with van der Waals surface area (Å²) in [5, 5.41) is 0.367. The van der Waals surface area contributed by atoms with E-state index in [1.807, 2.05) is 0 Å². The quantitative estimate of drug-likeness (QED) is 0.670. The van der Waals surface area contributed by atoms with Gasteiger partial charge in [-0.1, -0.05) is 11.3 Å². The van der Waals surface area contributed by atoms with Crippen molar-refractivity contribution in [3.63, 3.8) is 0 Å². The molecule has 12 heavy (non-hydrogen) atoms. The molecule has 0 saturated heterocycles. The van der Waals surface area contributed by atoms with Crippen LogP contribution in [0, 0.1) is 6.92 Å². The summed E-state index contributed by atoms with van der Waals surface area (Å²) in [6, 6.07) is 0. The summed E-state index contributed by atoms with van der Waals surface area (Å²) in [6.07, 6.45) is -0.789. The number of carbonyl (C=O) groups is 1. The summed E-state index contributed by atoms with van der Waals surface area (Å²) in [6.45, 7) is 1.76. The number of methoxy groups -OCH3 is 1. The average molecular weight is 188 g/mol. The zero-order valence-electron chi connectivity index (χ0n) is 6.66. The molecule has 1 aromatic heterocycles. The molecule has 0 atom stereocenters. The maximum absolute atomic E-state index is 10.6. The molecule has 0 spiro atoms. The highest BCUT2D eigenvalue weighted by Gasteiger charge is 2.11. The topological polar surface area (TPSA) is 74.4 Å². The van der Waals surface area contributed by atoms with E-state index in [9.17, 15) is 4.79 Å². The van der Waals surface area contributed by atoms with Gasteiger partial charge < -0.3 is 15.2 Å². The second kappa shape index (κ2) is 3.40. The SMILES string of the molecule is COC(=O)Oc1nc(N)sc1C. The van der Waals surface area contributed by atoms with Crippen molar-refractivity contribution in [2.45, 2.75) is 6.92 Å². The predicted molar refractivity (Wildman–Crippen MR) is 44.3 cm³/mol. The number of thiazole rings is 1. The van der Waals surface area contributed by atoms with Gasteiger partial charge in [0.2, 0.25) is 5.88 Å². The number of aromatic nitrogens is 1. The van der Waals surface area contributed by atoms with Gasteiger partial charge in [-0.05, 0) is 6.92 Å². The smallest absolute Gasteiger partial charge is 0.437 e.